The summed E-state index contributed by atoms with van der Waals surface area (Å²) in [7, 11) is 0. The summed E-state index contributed by atoms with van der Waals surface area (Å²) in [4.78, 5) is 11.7. The van der Waals surface area contributed by atoms with Crippen LogP contribution in [0.4, 0.5) is 4.79 Å². The Morgan fingerprint density at radius 1 is 1.29 bits per heavy atom. The number of carbonyl (C=O) groups is 1. The van der Waals surface area contributed by atoms with Crippen LogP contribution >= 0.6 is 0 Å². The molecule has 4 nitrogen and oxygen atoms in total. The Kier molecular flexibility index (Phi) is 4.66. The summed E-state index contributed by atoms with van der Waals surface area (Å²) >= 11 is 0. The number of amides is 2. The zero-order valence-corrected chi connectivity index (χ0v) is 10.7. The van der Waals surface area contributed by atoms with E-state index >= 15 is 0 Å². The van der Waals surface area contributed by atoms with Crippen LogP contribution in [0.2, 0.25) is 0 Å². The molecular formula is C13H24N2O2. The Balaban J connectivity index is 1.62. The largest absolute Gasteiger partial charge is 0.376 e. The van der Waals surface area contributed by atoms with Crippen molar-refractivity contribution in [1.29, 1.82) is 0 Å². The molecule has 98 valence electrons. The highest BCUT2D eigenvalue weighted by Gasteiger charge is 2.21. The molecule has 0 radical (unpaired) electrons. The third-order valence-corrected chi connectivity index (χ3v) is 3.79. The molecule has 17 heavy (non-hydrogen) atoms. The van der Waals surface area contributed by atoms with Crippen molar-refractivity contribution in [3.63, 3.8) is 0 Å². The van der Waals surface area contributed by atoms with E-state index in [4.69, 9.17) is 4.74 Å². The molecule has 2 N–H and O–H groups in total. The van der Waals surface area contributed by atoms with Gasteiger partial charge in [-0.15, -0.1) is 0 Å². The lowest BCUT2D eigenvalue weighted by atomic mass is 9.87. The topological polar surface area (TPSA) is 50.4 Å². The van der Waals surface area contributed by atoms with Gasteiger partial charge in [0, 0.05) is 19.2 Å². The van der Waals surface area contributed by atoms with E-state index in [1.165, 1.54) is 12.8 Å². The number of urea groups is 1. The van der Waals surface area contributed by atoms with E-state index in [2.05, 4.69) is 17.6 Å². The quantitative estimate of drug-likeness (QED) is 0.793. The second kappa shape index (κ2) is 6.24. The maximum Gasteiger partial charge on any atom is 0.315 e. The van der Waals surface area contributed by atoms with E-state index < -0.39 is 0 Å². The molecule has 1 saturated heterocycles. The van der Waals surface area contributed by atoms with Crippen molar-refractivity contribution in [2.75, 3.05) is 13.2 Å². The summed E-state index contributed by atoms with van der Waals surface area (Å²) in [5.74, 6) is 0.743. The van der Waals surface area contributed by atoms with Gasteiger partial charge in [-0.25, -0.2) is 4.79 Å². The smallest absolute Gasteiger partial charge is 0.315 e. The number of ether oxygens (including phenoxy) is 1. The number of hydrogen-bond donors (Lipinski definition) is 2. The lowest BCUT2D eigenvalue weighted by Gasteiger charge is -2.27. The zero-order valence-electron chi connectivity index (χ0n) is 10.7. The molecular weight excluding hydrogens is 216 g/mol. The SMILES string of the molecule is CC1CCCC(NC(=O)NCC2CCCO2)C1. The molecule has 0 aromatic rings. The summed E-state index contributed by atoms with van der Waals surface area (Å²) in [6.07, 6.45) is 7.19. The number of carbonyl (C=O) groups excluding carboxylic acids is 1. The zero-order chi connectivity index (χ0) is 12.1. The average molecular weight is 240 g/mol. The van der Waals surface area contributed by atoms with Crippen LogP contribution in [0, 0.1) is 5.92 Å². The number of rotatable bonds is 3. The molecule has 2 amide bonds. The van der Waals surface area contributed by atoms with Crippen LogP contribution in [0.1, 0.15) is 45.4 Å². The third-order valence-electron chi connectivity index (χ3n) is 3.79. The Labute approximate surface area is 103 Å². The van der Waals surface area contributed by atoms with Gasteiger partial charge in [-0.1, -0.05) is 19.8 Å². The van der Waals surface area contributed by atoms with Crippen molar-refractivity contribution in [1.82, 2.24) is 10.6 Å². The van der Waals surface area contributed by atoms with Gasteiger partial charge in [0.15, 0.2) is 0 Å². The predicted molar refractivity (Wildman–Crippen MR) is 66.9 cm³/mol. The van der Waals surface area contributed by atoms with E-state index in [0.29, 0.717) is 12.6 Å². The molecule has 3 atom stereocenters. The summed E-state index contributed by atoms with van der Waals surface area (Å²) in [6.45, 7) is 3.75. The normalized spacial score (nSPS) is 33.4. The molecule has 1 aliphatic heterocycles. The van der Waals surface area contributed by atoms with Crippen molar-refractivity contribution in [2.24, 2.45) is 5.92 Å². The molecule has 2 aliphatic rings. The summed E-state index contributed by atoms with van der Waals surface area (Å²) in [6, 6.07) is 0.336. The fourth-order valence-electron chi connectivity index (χ4n) is 2.81. The molecule has 4 heteroatoms. The van der Waals surface area contributed by atoms with E-state index in [1.807, 2.05) is 0 Å². The average Bonchev–Trinajstić information content (AvgIpc) is 2.79. The molecule has 0 spiro atoms. The van der Waals surface area contributed by atoms with Gasteiger partial charge >= 0.3 is 6.03 Å². The first-order valence-corrected chi connectivity index (χ1v) is 6.90. The Morgan fingerprint density at radius 3 is 2.88 bits per heavy atom. The highest BCUT2D eigenvalue weighted by atomic mass is 16.5. The summed E-state index contributed by atoms with van der Waals surface area (Å²) in [5.41, 5.74) is 0. The molecule has 1 aliphatic carbocycles. The Morgan fingerprint density at radius 2 is 2.18 bits per heavy atom. The van der Waals surface area contributed by atoms with Crippen molar-refractivity contribution in [3.05, 3.63) is 0 Å². The Hall–Kier alpha value is -0.770. The lowest BCUT2D eigenvalue weighted by molar-refractivity contribution is 0.111. The highest BCUT2D eigenvalue weighted by molar-refractivity contribution is 5.74. The first-order chi connectivity index (χ1) is 8.24. The molecule has 0 aromatic heterocycles. The molecule has 1 saturated carbocycles. The van der Waals surface area contributed by atoms with Crippen LogP contribution in [0.25, 0.3) is 0 Å². The van der Waals surface area contributed by atoms with Crippen LogP contribution in [0.15, 0.2) is 0 Å². The van der Waals surface area contributed by atoms with Crippen LogP contribution in [0.3, 0.4) is 0 Å². The van der Waals surface area contributed by atoms with Gasteiger partial charge in [-0.3, -0.25) is 0 Å². The highest BCUT2D eigenvalue weighted by Crippen LogP contribution is 2.23. The maximum atomic E-state index is 11.7. The minimum Gasteiger partial charge on any atom is -0.376 e. The lowest BCUT2D eigenvalue weighted by Crippen LogP contribution is -2.45. The second-order valence-electron chi connectivity index (χ2n) is 5.46. The minimum absolute atomic E-state index is 0.0281. The van der Waals surface area contributed by atoms with E-state index in [1.54, 1.807) is 0 Å². The van der Waals surface area contributed by atoms with Crippen LogP contribution in [0.5, 0.6) is 0 Å². The molecule has 0 aromatic carbocycles. The van der Waals surface area contributed by atoms with Gasteiger partial charge in [0.1, 0.15) is 0 Å². The summed E-state index contributed by atoms with van der Waals surface area (Å²) < 4.78 is 5.47. The molecule has 3 unspecified atom stereocenters. The van der Waals surface area contributed by atoms with Gasteiger partial charge in [-0.2, -0.15) is 0 Å². The molecule has 0 bridgehead atoms. The maximum absolute atomic E-state index is 11.7. The van der Waals surface area contributed by atoms with Crippen molar-refractivity contribution in [2.45, 2.75) is 57.6 Å². The van der Waals surface area contributed by atoms with Gasteiger partial charge < -0.3 is 15.4 Å². The van der Waals surface area contributed by atoms with Gasteiger partial charge in [0.05, 0.1) is 6.10 Å². The van der Waals surface area contributed by atoms with Crippen molar-refractivity contribution in [3.8, 4) is 0 Å². The second-order valence-corrected chi connectivity index (χ2v) is 5.46. The summed E-state index contributed by atoms with van der Waals surface area (Å²) in [5, 5.41) is 5.98. The van der Waals surface area contributed by atoms with Crippen LogP contribution in [-0.2, 0) is 4.74 Å². The van der Waals surface area contributed by atoms with Crippen molar-refractivity contribution >= 4 is 6.03 Å². The third kappa shape index (κ3) is 4.19. The minimum atomic E-state index is -0.0281. The van der Waals surface area contributed by atoms with Gasteiger partial charge in [0.2, 0.25) is 0 Å². The molecule has 1 heterocycles. The Bertz CT molecular complexity index is 252. The van der Waals surface area contributed by atoms with Crippen molar-refractivity contribution < 1.29 is 9.53 Å². The van der Waals surface area contributed by atoms with Crippen LogP contribution in [-0.4, -0.2) is 31.3 Å². The molecule has 2 rings (SSSR count). The fourth-order valence-corrected chi connectivity index (χ4v) is 2.81. The number of hydrogen-bond acceptors (Lipinski definition) is 2. The first kappa shape index (κ1) is 12.7. The standard InChI is InChI=1S/C13H24N2O2/c1-10-4-2-5-11(8-10)15-13(16)14-9-12-6-3-7-17-12/h10-12H,2-9H2,1H3,(H2,14,15,16). The van der Waals surface area contributed by atoms with E-state index in [9.17, 15) is 4.79 Å². The monoisotopic (exact) mass is 240 g/mol. The first-order valence-electron chi connectivity index (χ1n) is 6.90. The fraction of sp³-hybridized carbons (Fsp3) is 0.923. The van der Waals surface area contributed by atoms with Gasteiger partial charge in [0.25, 0.3) is 0 Å². The predicted octanol–water partition coefficient (Wildman–Crippen LogP) is 2.04. The number of nitrogens with one attached hydrogen (secondary N) is 2. The van der Waals surface area contributed by atoms with E-state index in [0.717, 1.165) is 38.2 Å². The van der Waals surface area contributed by atoms with Crippen LogP contribution < -0.4 is 10.6 Å². The van der Waals surface area contributed by atoms with Gasteiger partial charge in [-0.05, 0) is 31.6 Å². The molecule has 2 fully saturated rings. The van der Waals surface area contributed by atoms with E-state index in [-0.39, 0.29) is 12.1 Å².